The molecule has 0 radical (unpaired) electrons. The van der Waals surface area contributed by atoms with Crippen LogP contribution in [0.15, 0.2) is 11.6 Å². The Morgan fingerprint density at radius 3 is 1.88 bits per heavy atom. The van der Waals surface area contributed by atoms with Crippen molar-refractivity contribution in [3.05, 3.63) is 11.6 Å². The molecular formula is C12H20O4. The van der Waals surface area contributed by atoms with Crippen LogP contribution in [-0.2, 0) is 9.59 Å². The van der Waals surface area contributed by atoms with Crippen molar-refractivity contribution in [2.75, 3.05) is 0 Å². The quantitative estimate of drug-likeness (QED) is 0.541. The highest BCUT2D eigenvalue weighted by Crippen LogP contribution is 2.37. The number of carboxylic acid groups (broad SMARTS) is 2. The summed E-state index contributed by atoms with van der Waals surface area (Å²) >= 11 is 0. The van der Waals surface area contributed by atoms with Gasteiger partial charge in [-0.3, -0.25) is 9.59 Å². The number of aliphatic carboxylic acids is 2. The maximum Gasteiger partial charge on any atom is 0.318 e. The van der Waals surface area contributed by atoms with Gasteiger partial charge in [-0.2, -0.15) is 0 Å². The van der Waals surface area contributed by atoms with E-state index in [1.54, 1.807) is 13.8 Å². The van der Waals surface area contributed by atoms with Crippen LogP contribution >= 0.6 is 0 Å². The largest absolute Gasteiger partial charge is 0.481 e. The number of carboxylic acids is 2. The molecule has 0 aliphatic rings. The molecular weight excluding hydrogens is 208 g/mol. The normalized spacial score (nSPS) is 12.9. The second-order valence-corrected chi connectivity index (χ2v) is 4.32. The van der Waals surface area contributed by atoms with Crippen molar-refractivity contribution in [1.82, 2.24) is 0 Å². The molecule has 0 aliphatic carbocycles. The first kappa shape index (κ1) is 14.7. The minimum atomic E-state index is -1.40. The van der Waals surface area contributed by atoms with Gasteiger partial charge in [-0.15, -0.1) is 0 Å². The lowest BCUT2D eigenvalue weighted by Crippen LogP contribution is -2.38. The zero-order valence-electron chi connectivity index (χ0n) is 10.3. The standard InChI is InChI=1S/C12H20O4/c1-5-7-8(6-2)12(3,4)9(10(13)14)11(15)16/h7,9H,5-6H2,1-4H3,(H,13,14)(H,15,16). The van der Waals surface area contributed by atoms with Crippen molar-refractivity contribution < 1.29 is 19.8 Å². The average molecular weight is 228 g/mol. The molecule has 0 saturated carbocycles. The van der Waals surface area contributed by atoms with Gasteiger partial charge in [-0.05, 0) is 12.8 Å². The highest BCUT2D eigenvalue weighted by molar-refractivity contribution is 5.94. The highest BCUT2D eigenvalue weighted by atomic mass is 16.4. The van der Waals surface area contributed by atoms with E-state index in [4.69, 9.17) is 10.2 Å². The van der Waals surface area contributed by atoms with Gasteiger partial charge in [-0.25, -0.2) is 0 Å². The summed E-state index contributed by atoms with van der Waals surface area (Å²) in [6.07, 6.45) is 3.36. The fraction of sp³-hybridized carbons (Fsp3) is 0.667. The van der Waals surface area contributed by atoms with Crippen molar-refractivity contribution in [1.29, 1.82) is 0 Å². The summed E-state index contributed by atoms with van der Waals surface area (Å²) in [4.78, 5) is 22.0. The molecule has 0 aliphatic heterocycles. The topological polar surface area (TPSA) is 74.6 Å². The summed E-state index contributed by atoms with van der Waals surface area (Å²) < 4.78 is 0. The van der Waals surface area contributed by atoms with Crippen LogP contribution in [0.4, 0.5) is 0 Å². The SMILES string of the molecule is CCC=C(CC)C(C)(C)C(C(=O)O)C(=O)O. The van der Waals surface area contributed by atoms with E-state index in [0.717, 1.165) is 12.0 Å². The first-order valence-corrected chi connectivity index (χ1v) is 5.44. The minimum absolute atomic E-state index is 0.665. The lowest BCUT2D eigenvalue weighted by Gasteiger charge is -2.31. The summed E-state index contributed by atoms with van der Waals surface area (Å²) in [5, 5.41) is 18.0. The zero-order chi connectivity index (χ0) is 12.9. The van der Waals surface area contributed by atoms with Crippen LogP contribution in [0, 0.1) is 11.3 Å². The predicted octanol–water partition coefficient (Wildman–Crippen LogP) is 2.54. The Morgan fingerprint density at radius 2 is 1.62 bits per heavy atom. The number of hydrogen-bond donors (Lipinski definition) is 2. The van der Waals surface area contributed by atoms with Gasteiger partial charge in [0.25, 0.3) is 0 Å². The summed E-state index contributed by atoms with van der Waals surface area (Å²) in [6, 6.07) is 0. The molecule has 0 rings (SSSR count). The predicted molar refractivity (Wildman–Crippen MR) is 61.2 cm³/mol. The van der Waals surface area contributed by atoms with Crippen LogP contribution in [0.3, 0.4) is 0 Å². The first-order valence-electron chi connectivity index (χ1n) is 5.44. The fourth-order valence-electron chi connectivity index (χ4n) is 2.02. The maximum atomic E-state index is 11.0. The molecule has 0 bridgehead atoms. The summed E-state index contributed by atoms with van der Waals surface area (Å²) in [5.41, 5.74) is 0.0207. The van der Waals surface area contributed by atoms with Gasteiger partial charge in [0.2, 0.25) is 0 Å². The van der Waals surface area contributed by atoms with E-state index in [9.17, 15) is 9.59 Å². The van der Waals surface area contributed by atoms with Crippen LogP contribution in [0.25, 0.3) is 0 Å². The van der Waals surface area contributed by atoms with Crippen LogP contribution in [-0.4, -0.2) is 22.2 Å². The number of rotatable bonds is 6. The molecule has 0 spiro atoms. The number of carbonyl (C=O) groups is 2. The van der Waals surface area contributed by atoms with Gasteiger partial charge in [0.15, 0.2) is 5.92 Å². The van der Waals surface area contributed by atoms with E-state index < -0.39 is 23.3 Å². The monoisotopic (exact) mass is 228 g/mol. The van der Waals surface area contributed by atoms with Gasteiger partial charge in [0, 0.05) is 5.41 Å². The average Bonchev–Trinajstić information content (AvgIpc) is 2.11. The van der Waals surface area contributed by atoms with Gasteiger partial charge in [0.1, 0.15) is 0 Å². The Kier molecular flexibility index (Phi) is 5.21. The summed E-state index contributed by atoms with van der Waals surface area (Å²) in [6.45, 7) is 7.20. The van der Waals surface area contributed by atoms with Crippen molar-refractivity contribution >= 4 is 11.9 Å². The summed E-state index contributed by atoms with van der Waals surface area (Å²) in [7, 11) is 0. The lowest BCUT2D eigenvalue weighted by atomic mass is 9.71. The highest BCUT2D eigenvalue weighted by Gasteiger charge is 2.42. The van der Waals surface area contributed by atoms with Crippen LogP contribution in [0.2, 0.25) is 0 Å². The van der Waals surface area contributed by atoms with Gasteiger partial charge >= 0.3 is 11.9 Å². The smallest absolute Gasteiger partial charge is 0.318 e. The molecule has 0 aromatic heterocycles. The molecule has 0 heterocycles. The second-order valence-electron chi connectivity index (χ2n) is 4.32. The van der Waals surface area contributed by atoms with Gasteiger partial charge in [0.05, 0.1) is 0 Å². The minimum Gasteiger partial charge on any atom is -0.481 e. The Bertz CT molecular complexity index is 288. The van der Waals surface area contributed by atoms with E-state index in [1.807, 2.05) is 19.9 Å². The summed E-state index contributed by atoms with van der Waals surface area (Å²) in [5.74, 6) is -3.97. The molecule has 0 unspecified atom stereocenters. The van der Waals surface area contributed by atoms with Crippen molar-refractivity contribution in [3.8, 4) is 0 Å². The molecule has 0 fully saturated rings. The molecule has 4 nitrogen and oxygen atoms in total. The van der Waals surface area contributed by atoms with Crippen LogP contribution in [0.1, 0.15) is 40.5 Å². The zero-order valence-corrected chi connectivity index (χ0v) is 10.3. The van der Waals surface area contributed by atoms with Crippen LogP contribution in [0.5, 0.6) is 0 Å². The van der Waals surface area contributed by atoms with E-state index in [2.05, 4.69) is 0 Å². The van der Waals surface area contributed by atoms with Crippen molar-refractivity contribution in [3.63, 3.8) is 0 Å². The van der Waals surface area contributed by atoms with E-state index >= 15 is 0 Å². The third-order valence-electron chi connectivity index (χ3n) is 2.87. The van der Waals surface area contributed by atoms with Gasteiger partial charge in [-0.1, -0.05) is 39.3 Å². The second kappa shape index (κ2) is 5.68. The molecule has 0 aromatic rings. The Balaban J connectivity index is 5.35. The van der Waals surface area contributed by atoms with E-state index in [0.29, 0.717) is 6.42 Å². The molecule has 2 N–H and O–H groups in total. The molecule has 16 heavy (non-hydrogen) atoms. The van der Waals surface area contributed by atoms with Gasteiger partial charge < -0.3 is 10.2 Å². The molecule has 92 valence electrons. The maximum absolute atomic E-state index is 11.0. The molecule has 0 atom stereocenters. The van der Waals surface area contributed by atoms with Crippen molar-refractivity contribution in [2.45, 2.75) is 40.5 Å². The first-order chi connectivity index (χ1) is 7.28. The fourth-order valence-corrected chi connectivity index (χ4v) is 2.02. The Hall–Kier alpha value is -1.32. The number of hydrogen-bond acceptors (Lipinski definition) is 2. The van der Waals surface area contributed by atoms with E-state index in [1.165, 1.54) is 0 Å². The lowest BCUT2D eigenvalue weighted by molar-refractivity contribution is -0.159. The van der Waals surface area contributed by atoms with Crippen molar-refractivity contribution in [2.24, 2.45) is 11.3 Å². The molecule has 4 heteroatoms. The Labute approximate surface area is 96.0 Å². The third-order valence-corrected chi connectivity index (χ3v) is 2.87. The molecule has 0 saturated heterocycles. The number of allylic oxidation sites excluding steroid dienone is 2. The molecule has 0 amide bonds. The Morgan fingerprint density at radius 1 is 1.19 bits per heavy atom. The third kappa shape index (κ3) is 3.08. The van der Waals surface area contributed by atoms with Crippen LogP contribution < -0.4 is 0 Å². The molecule has 0 aromatic carbocycles. The van der Waals surface area contributed by atoms with E-state index in [-0.39, 0.29) is 0 Å².